The first-order valence-corrected chi connectivity index (χ1v) is 5.15. The van der Waals surface area contributed by atoms with Crippen LogP contribution in [0.4, 0.5) is 0 Å². The molecular weight excluding hydrogens is 192 g/mol. The van der Waals surface area contributed by atoms with Crippen molar-refractivity contribution >= 4 is 5.78 Å². The van der Waals surface area contributed by atoms with Gasteiger partial charge in [-0.1, -0.05) is 20.8 Å². The lowest BCUT2D eigenvalue weighted by atomic mass is 9.91. The van der Waals surface area contributed by atoms with E-state index in [-0.39, 0.29) is 18.0 Å². The second kappa shape index (κ2) is 4.04. The fourth-order valence-corrected chi connectivity index (χ4v) is 1.21. The number of carbonyl (C=O) groups excluding carboxylic acids is 1. The van der Waals surface area contributed by atoms with Gasteiger partial charge in [-0.2, -0.15) is 0 Å². The summed E-state index contributed by atoms with van der Waals surface area (Å²) in [5, 5.41) is 0. The molecule has 0 atom stereocenters. The number of ketones is 1. The summed E-state index contributed by atoms with van der Waals surface area (Å²) < 4.78 is 3.03. The number of nitrogens with zero attached hydrogens (tertiary/aromatic N) is 2. The average Bonchev–Trinajstić information content (AvgIpc) is 2.46. The molecule has 0 fully saturated rings. The molecule has 0 aromatic carbocycles. The standard InChI is InChI=1S/C11H18N2O2/c1-5-12-6-7-13(10(12)15)8-9(14)11(2,3)4/h6-7H,5,8H2,1-4H3. The maximum absolute atomic E-state index is 11.7. The Labute approximate surface area is 89.5 Å². The minimum atomic E-state index is -0.395. The summed E-state index contributed by atoms with van der Waals surface area (Å²) >= 11 is 0. The quantitative estimate of drug-likeness (QED) is 0.754. The first kappa shape index (κ1) is 11.8. The zero-order valence-electron chi connectivity index (χ0n) is 9.78. The highest BCUT2D eigenvalue weighted by Crippen LogP contribution is 2.14. The van der Waals surface area contributed by atoms with Gasteiger partial charge in [0, 0.05) is 24.4 Å². The Hall–Kier alpha value is -1.32. The van der Waals surface area contributed by atoms with Crippen molar-refractivity contribution in [3.63, 3.8) is 0 Å². The summed E-state index contributed by atoms with van der Waals surface area (Å²) in [5.74, 6) is 0.0680. The Kier molecular flexibility index (Phi) is 3.17. The lowest BCUT2D eigenvalue weighted by Gasteiger charge is -2.16. The van der Waals surface area contributed by atoms with Crippen LogP contribution < -0.4 is 5.69 Å². The Morgan fingerprint density at radius 3 is 2.20 bits per heavy atom. The van der Waals surface area contributed by atoms with Crippen molar-refractivity contribution in [3.05, 3.63) is 22.9 Å². The monoisotopic (exact) mass is 210 g/mol. The third kappa shape index (κ3) is 2.58. The van der Waals surface area contributed by atoms with Crippen molar-refractivity contribution in [2.75, 3.05) is 0 Å². The molecule has 0 N–H and O–H groups in total. The highest BCUT2D eigenvalue weighted by atomic mass is 16.2. The fourth-order valence-electron chi connectivity index (χ4n) is 1.21. The van der Waals surface area contributed by atoms with Crippen LogP contribution in [0.2, 0.25) is 0 Å². The maximum atomic E-state index is 11.7. The van der Waals surface area contributed by atoms with Gasteiger partial charge in [-0.15, -0.1) is 0 Å². The lowest BCUT2D eigenvalue weighted by Crippen LogP contribution is -2.31. The van der Waals surface area contributed by atoms with Crippen LogP contribution in [0.25, 0.3) is 0 Å². The van der Waals surface area contributed by atoms with Crippen LogP contribution in [-0.2, 0) is 17.9 Å². The fraction of sp³-hybridized carbons (Fsp3) is 0.636. The van der Waals surface area contributed by atoms with Gasteiger partial charge >= 0.3 is 5.69 Å². The Morgan fingerprint density at radius 2 is 1.80 bits per heavy atom. The second-order valence-corrected chi connectivity index (χ2v) is 4.67. The highest BCUT2D eigenvalue weighted by molar-refractivity contribution is 5.83. The largest absolute Gasteiger partial charge is 0.328 e. The minimum Gasteiger partial charge on any atom is -0.300 e. The Morgan fingerprint density at radius 1 is 1.27 bits per heavy atom. The Balaban J connectivity index is 2.87. The number of rotatable bonds is 3. The number of hydrogen-bond acceptors (Lipinski definition) is 2. The average molecular weight is 210 g/mol. The van der Waals surface area contributed by atoms with Crippen LogP contribution in [0.15, 0.2) is 17.2 Å². The number of aryl methyl sites for hydroxylation is 1. The molecule has 4 heteroatoms. The number of hydrogen-bond donors (Lipinski definition) is 0. The van der Waals surface area contributed by atoms with E-state index in [2.05, 4.69) is 0 Å². The van der Waals surface area contributed by atoms with Crippen molar-refractivity contribution in [1.82, 2.24) is 9.13 Å². The van der Waals surface area contributed by atoms with Gasteiger partial charge in [-0.3, -0.25) is 13.9 Å². The van der Waals surface area contributed by atoms with E-state index >= 15 is 0 Å². The summed E-state index contributed by atoms with van der Waals surface area (Å²) in [4.78, 5) is 23.4. The molecule has 0 saturated heterocycles. The molecule has 1 heterocycles. The van der Waals surface area contributed by atoms with Crippen LogP contribution in [0.1, 0.15) is 27.7 Å². The third-order valence-corrected chi connectivity index (χ3v) is 2.41. The molecular formula is C11H18N2O2. The molecule has 0 aliphatic rings. The molecule has 0 aliphatic carbocycles. The van der Waals surface area contributed by atoms with Gasteiger partial charge in [0.05, 0.1) is 6.54 Å². The maximum Gasteiger partial charge on any atom is 0.328 e. The number of aromatic nitrogens is 2. The predicted octanol–water partition coefficient (Wildman–Crippen LogP) is 1.28. The third-order valence-electron chi connectivity index (χ3n) is 2.41. The summed E-state index contributed by atoms with van der Waals surface area (Å²) in [5.41, 5.74) is -0.511. The smallest absolute Gasteiger partial charge is 0.300 e. The van der Waals surface area contributed by atoms with Crippen LogP contribution in [0.5, 0.6) is 0 Å². The SMILES string of the molecule is CCn1ccn(CC(=O)C(C)(C)C)c1=O. The summed E-state index contributed by atoms with van der Waals surface area (Å²) in [6, 6.07) is 0. The van der Waals surface area contributed by atoms with Gasteiger partial charge in [0.2, 0.25) is 0 Å². The van der Waals surface area contributed by atoms with Crippen LogP contribution in [0, 0.1) is 5.41 Å². The normalized spacial score (nSPS) is 11.7. The molecule has 0 saturated carbocycles. The van der Waals surface area contributed by atoms with Gasteiger partial charge in [-0.25, -0.2) is 4.79 Å². The molecule has 0 bridgehead atoms. The van der Waals surface area contributed by atoms with Crippen molar-refractivity contribution in [2.24, 2.45) is 5.41 Å². The zero-order valence-corrected chi connectivity index (χ0v) is 9.78. The molecule has 15 heavy (non-hydrogen) atoms. The molecule has 1 rings (SSSR count). The summed E-state index contributed by atoms with van der Waals surface area (Å²) in [6.07, 6.45) is 3.37. The van der Waals surface area contributed by atoms with Gasteiger partial charge in [-0.05, 0) is 6.92 Å². The van der Waals surface area contributed by atoms with Crippen molar-refractivity contribution in [3.8, 4) is 0 Å². The molecule has 84 valence electrons. The second-order valence-electron chi connectivity index (χ2n) is 4.67. The molecule has 4 nitrogen and oxygen atoms in total. The van der Waals surface area contributed by atoms with Crippen molar-refractivity contribution < 1.29 is 4.79 Å². The number of Topliss-reactive ketones (excluding diaryl/α,β-unsaturated/α-hetero) is 1. The first-order valence-electron chi connectivity index (χ1n) is 5.15. The van der Waals surface area contributed by atoms with E-state index in [1.807, 2.05) is 27.7 Å². The van der Waals surface area contributed by atoms with E-state index in [1.54, 1.807) is 17.0 Å². The van der Waals surface area contributed by atoms with E-state index in [1.165, 1.54) is 4.57 Å². The lowest BCUT2D eigenvalue weighted by molar-refractivity contribution is -0.126. The topological polar surface area (TPSA) is 44.0 Å². The number of carbonyl (C=O) groups is 1. The summed E-state index contributed by atoms with van der Waals surface area (Å²) in [6.45, 7) is 8.27. The van der Waals surface area contributed by atoms with Crippen molar-refractivity contribution in [2.45, 2.75) is 40.8 Å². The van der Waals surface area contributed by atoms with E-state index in [9.17, 15) is 9.59 Å². The van der Waals surface area contributed by atoms with Gasteiger partial charge in [0.25, 0.3) is 0 Å². The van der Waals surface area contributed by atoms with Gasteiger partial charge in [0.1, 0.15) is 0 Å². The van der Waals surface area contributed by atoms with E-state index in [0.717, 1.165) is 0 Å². The molecule has 0 aliphatic heterocycles. The van der Waals surface area contributed by atoms with E-state index < -0.39 is 5.41 Å². The molecule has 0 unspecified atom stereocenters. The van der Waals surface area contributed by atoms with Gasteiger partial charge in [0.15, 0.2) is 5.78 Å². The molecule has 1 aromatic rings. The highest BCUT2D eigenvalue weighted by Gasteiger charge is 2.21. The van der Waals surface area contributed by atoms with E-state index in [0.29, 0.717) is 6.54 Å². The predicted molar refractivity (Wildman–Crippen MR) is 58.8 cm³/mol. The van der Waals surface area contributed by atoms with Crippen LogP contribution >= 0.6 is 0 Å². The molecule has 0 spiro atoms. The van der Waals surface area contributed by atoms with E-state index in [4.69, 9.17) is 0 Å². The molecule has 0 radical (unpaired) electrons. The van der Waals surface area contributed by atoms with Gasteiger partial charge < -0.3 is 0 Å². The molecule has 1 aromatic heterocycles. The zero-order chi connectivity index (χ0) is 11.6. The minimum absolute atomic E-state index is 0.0680. The Bertz CT molecular complexity index is 407. The summed E-state index contributed by atoms with van der Waals surface area (Å²) in [7, 11) is 0. The van der Waals surface area contributed by atoms with Crippen LogP contribution in [0.3, 0.4) is 0 Å². The molecule has 0 amide bonds. The van der Waals surface area contributed by atoms with Crippen molar-refractivity contribution in [1.29, 1.82) is 0 Å². The first-order chi connectivity index (χ1) is 6.86. The number of imidazole rings is 1. The van der Waals surface area contributed by atoms with Crippen LogP contribution in [-0.4, -0.2) is 14.9 Å².